The lowest BCUT2D eigenvalue weighted by Gasteiger charge is -2.35. The van der Waals surface area contributed by atoms with Crippen LogP contribution in [-0.2, 0) is 17.8 Å². The number of anilines is 1. The Balaban J connectivity index is 1.54. The molecular weight excluding hydrogens is 334 g/mol. The van der Waals surface area contributed by atoms with E-state index < -0.39 is 0 Å². The van der Waals surface area contributed by atoms with Crippen molar-refractivity contribution in [3.63, 3.8) is 0 Å². The second-order valence-electron chi connectivity index (χ2n) is 6.69. The largest absolute Gasteiger partial charge is 0.340 e. The first-order valence-electron chi connectivity index (χ1n) is 8.79. The molecule has 2 saturated heterocycles. The molecule has 1 aromatic rings. The van der Waals surface area contributed by atoms with Gasteiger partial charge in [0.15, 0.2) is 5.13 Å². The number of thiazole rings is 1. The molecule has 2 atom stereocenters. The predicted molar refractivity (Wildman–Crippen MR) is 101 cm³/mol. The number of carbonyl (C=O) groups excluding carboxylic acids is 1. The van der Waals surface area contributed by atoms with Crippen molar-refractivity contribution in [2.45, 2.75) is 37.9 Å². The standard InChI is InChI=1S/C18H23N5OS/c1-3-14(20-4-2)17(24)22-8-7-15-16(11-22)25-18(21-15)23-12-5-6-13(23)10-19-9-12/h3-4,12-13,19H,1-2,5-11H2. The van der Waals surface area contributed by atoms with Crippen molar-refractivity contribution < 1.29 is 4.79 Å². The van der Waals surface area contributed by atoms with Crippen molar-refractivity contribution >= 4 is 28.1 Å². The molecule has 25 heavy (non-hydrogen) atoms. The first-order valence-corrected chi connectivity index (χ1v) is 9.61. The zero-order chi connectivity index (χ0) is 17.4. The number of rotatable bonds is 4. The molecule has 132 valence electrons. The molecule has 4 rings (SSSR count). The first kappa shape index (κ1) is 16.5. The number of nitrogens with one attached hydrogen (secondary N) is 1. The minimum atomic E-state index is -0.0854. The summed E-state index contributed by atoms with van der Waals surface area (Å²) in [5.41, 5.74) is 1.51. The Bertz CT molecular complexity index is 724. The summed E-state index contributed by atoms with van der Waals surface area (Å²) in [5.74, 6) is -0.0854. The van der Waals surface area contributed by atoms with Gasteiger partial charge in [-0.15, -0.1) is 0 Å². The Kier molecular flexibility index (Phi) is 4.43. The van der Waals surface area contributed by atoms with Crippen LogP contribution < -0.4 is 10.2 Å². The molecule has 2 unspecified atom stereocenters. The van der Waals surface area contributed by atoms with E-state index in [1.54, 1.807) is 11.3 Å². The molecular formula is C18H23N5OS. The minimum absolute atomic E-state index is 0.0854. The van der Waals surface area contributed by atoms with Crippen LogP contribution in [0.3, 0.4) is 0 Å². The third-order valence-electron chi connectivity index (χ3n) is 5.25. The molecule has 0 saturated carbocycles. The Morgan fingerprint density at radius 2 is 2.08 bits per heavy atom. The molecule has 0 aromatic carbocycles. The van der Waals surface area contributed by atoms with Gasteiger partial charge >= 0.3 is 0 Å². The molecule has 6 nitrogen and oxygen atoms in total. The summed E-state index contributed by atoms with van der Waals surface area (Å²) in [6.07, 6.45) is 6.17. The van der Waals surface area contributed by atoms with Crippen molar-refractivity contribution in [3.8, 4) is 0 Å². The van der Waals surface area contributed by atoms with E-state index in [4.69, 9.17) is 4.98 Å². The van der Waals surface area contributed by atoms with Crippen LogP contribution in [0.4, 0.5) is 5.13 Å². The first-order chi connectivity index (χ1) is 12.2. The summed E-state index contributed by atoms with van der Waals surface area (Å²) >= 11 is 1.75. The lowest BCUT2D eigenvalue weighted by atomic mass is 10.1. The van der Waals surface area contributed by atoms with E-state index in [-0.39, 0.29) is 5.91 Å². The molecule has 1 amide bonds. The van der Waals surface area contributed by atoms with Gasteiger partial charge in [0.25, 0.3) is 5.91 Å². The van der Waals surface area contributed by atoms with E-state index in [1.165, 1.54) is 30.0 Å². The SMILES string of the molecule is C=CN=C(C=C)C(=O)N1CCc2nc(N3C4CCC3CNC4)sc2C1. The normalized spacial score (nSPS) is 25.7. The minimum Gasteiger partial charge on any atom is -0.340 e. The second kappa shape index (κ2) is 6.72. The third-order valence-corrected chi connectivity index (χ3v) is 6.35. The van der Waals surface area contributed by atoms with Crippen LogP contribution in [0.5, 0.6) is 0 Å². The topological polar surface area (TPSA) is 60.8 Å². The molecule has 0 radical (unpaired) electrons. The van der Waals surface area contributed by atoms with Gasteiger partial charge in [0.1, 0.15) is 5.71 Å². The number of piperazine rings is 1. The molecule has 0 aliphatic carbocycles. The molecule has 2 bridgehead atoms. The van der Waals surface area contributed by atoms with E-state index >= 15 is 0 Å². The molecule has 4 heterocycles. The zero-order valence-corrected chi connectivity index (χ0v) is 15.1. The van der Waals surface area contributed by atoms with E-state index in [2.05, 4.69) is 28.4 Å². The van der Waals surface area contributed by atoms with Crippen molar-refractivity contribution in [1.29, 1.82) is 0 Å². The van der Waals surface area contributed by atoms with Crippen LogP contribution in [0.25, 0.3) is 0 Å². The number of nitrogens with zero attached hydrogens (tertiary/aromatic N) is 4. The van der Waals surface area contributed by atoms with Gasteiger partial charge < -0.3 is 15.1 Å². The fourth-order valence-electron chi connectivity index (χ4n) is 4.01. The monoisotopic (exact) mass is 357 g/mol. The highest BCUT2D eigenvalue weighted by molar-refractivity contribution is 7.15. The molecule has 1 aromatic heterocycles. The highest BCUT2D eigenvalue weighted by Gasteiger charge is 2.39. The van der Waals surface area contributed by atoms with Crippen molar-refractivity contribution in [1.82, 2.24) is 15.2 Å². The number of aliphatic imine (C=N–C) groups is 1. The molecule has 1 N–H and O–H groups in total. The Morgan fingerprint density at radius 1 is 1.32 bits per heavy atom. The number of carbonyl (C=O) groups is 1. The quantitative estimate of drug-likeness (QED) is 0.834. The predicted octanol–water partition coefficient (Wildman–Crippen LogP) is 1.74. The van der Waals surface area contributed by atoms with Gasteiger partial charge in [-0.05, 0) is 18.9 Å². The van der Waals surface area contributed by atoms with E-state index in [0.717, 1.165) is 30.3 Å². The van der Waals surface area contributed by atoms with Crippen molar-refractivity contribution in [2.75, 3.05) is 24.5 Å². The summed E-state index contributed by atoms with van der Waals surface area (Å²) in [5, 5.41) is 4.65. The van der Waals surface area contributed by atoms with E-state index in [9.17, 15) is 4.79 Å². The Morgan fingerprint density at radius 3 is 2.76 bits per heavy atom. The number of amides is 1. The van der Waals surface area contributed by atoms with Crippen LogP contribution in [0, 0.1) is 0 Å². The van der Waals surface area contributed by atoms with E-state index in [0.29, 0.717) is 30.9 Å². The molecule has 7 heteroatoms. The van der Waals surface area contributed by atoms with Gasteiger partial charge in [0.05, 0.1) is 12.2 Å². The van der Waals surface area contributed by atoms with Crippen molar-refractivity contribution in [3.05, 3.63) is 36.0 Å². The fourth-order valence-corrected chi connectivity index (χ4v) is 5.28. The van der Waals surface area contributed by atoms with Gasteiger partial charge in [0, 0.05) is 49.2 Å². The number of hydrogen-bond donors (Lipinski definition) is 1. The maximum atomic E-state index is 12.6. The number of aromatic nitrogens is 1. The number of hydrogen-bond acceptors (Lipinski definition) is 6. The lowest BCUT2D eigenvalue weighted by molar-refractivity contribution is -0.124. The van der Waals surface area contributed by atoms with Gasteiger partial charge in [-0.1, -0.05) is 24.5 Å². The van der Waals surface area contributed by atoms with Crippen LogP contribution in [-0.4, -0.2) is 53.2 Å². The smallest absolute Gasteiger partial charge is 0.272 e. The average Bonchev–Trinajstić information content (AvgIpc) is 3.15. The van der Waals surface area contributed by atoms with Gasteiger partial charge in [-0.2, -0.15) is 0 Å². The molecule has 0 spiro atoms. The Labute approximate surface area is 151 Å². The van der Waals surface area contributed by atoms with E-state index in [1.807, 2.05) is 4.90 Å². The zero-order valence-electron chi connectivity index (χ0n) is 14.3. The van der Waals surface area contributed by atoms with Crippen molar-refractivity contribution in [2.24, 2.45) is 4.99 Å². The molecule has 3 aliphatic rings. The maximum absolute atomic E-state index is 12.6. The third kappa shape index (κ3) is 2.91. The summed E-state index contributed by atoms with van der Waals surface area (Å²) < 4.78 is 0. The van der Waals surface area contributed by atoms with Gasteiger partial charge in [0.2, 0.25) is 0 Å². The van der Waals surface area contributed by atoms with Crippen LogP contribution in [0.15, 0.2) is 30.4 Å². The summed E-state index contributed by atoms with van der Waals surface area (Å²) in [7, 11) is 0. The Hall–Kier alpha value is -1.99. The maximum Gasteiger partial charge on any atom is 0.272 e. The number of fused-ring (bicyclic) bond motifs is 3. The summed E-state index contributed by atoms with van der Waals surface area (Å²) in [4.78, 5) is 27.1. The highest BCUT2D eigenvalue weighted by Crippen LogP contribution is 2.37. The molecule has 2 fully saturated rings. The lowest BCUT2D eigenvalue weighted by Crippen LogP contribution is -2.51. The summed E-state index contributed by atoms with van der Waals surface area (Å²) in [6, 6.07) is 1.13. The average molecular weight is 357 g/mol. The highest BCUT2D eigenvalue weighted by atomic mass is 32.1. The second-order valence-corrected chi connectivity index (χ2v) is 7.76. The van der Waals surface area contributed by atoms with Gasteiger partial charge in [-0.25, -0.2) is 4.98 Å². The fraction of sp³-hybridized carbons (Fsp3) is 0.500. The van der Waals surface area contributed by atoms with Crippen LogP contribution >= 0.6 is 11.3 Å². The molecule has 3 aliphatic heterocycles. The summed E-state index contributed by atoms with van der Waals surface area (Å²) in [6.45, 7) is 10.6. The van der Waals surface area contributed by atoms with Gasteiger partial charge in [-0.3, -0.25) is 9.79 Å². The van der Waals surface area contributed by atoms with Crippen LogP contribution in [0.2, 0.25) is 0 Å². The van der Waals surface area contributed by atoms with Crippen LogP contribution in [0.1, 0.15) is 23.4 Å².